The first kappa shape index (κ1) is 12.8. The first-order valence-electron chi connectivity index (χ1n) is 6.31. The summed E-state index contributed by atoms with van der Waals surface area (Å²) in [6, 6.07) is 1.72. The molecule has 1 saturated heterocycles. The number of rotatable bonds is 2. The zero-order chi connectivity index (χ0) is 13.1. The third kappa shape index (κ3) is 2.46. The number of nitrogens with two attached hydrogens (primary N) is 1. The number of nitrogens with zero attached hydrogens (tertiary/aromatic N) is 2. The molecule has 1 aliphatic heterocycles. The zero-order valence-electron chi connectivity index (χ0n) is 10.5. The molecule has 98 valence electrons. The van der Waals surface area contributed by atoms with E-state index in [9.17, 15) is 9.90 Å². The Labute approximate surface area is 107 Å². The number of aromatic hydroxyl groups is 1. The fourth-order valence-corrected chi connectivity index (χ4v) is 2.40. The Morgan fingerprint density at radius 2 is 2.44 bits per heavy atom. The molecule has 2 heterocycles. The summed E-state index contributed by atoms with van der Waals surface area (Å²) in [5, 5.41) is 9.65. The fourth-order valence-electron chi connectivity index (χ4n) is 2.40. The van der Waals surface area contributed by atoms with Gasteiger partial charge in [0.15, 0.2) is 0 Å². The third-order valence-electron chi connectivity index (χ3n) is 3.63. The highest BCUT2D eigenvalue weighted by atomic mass is 16.3. The van der Waals surface area contributed by atoms with Crippen LogP contribution in [0.5, 0.6) is 5.75 Å². The molecule has 1 aliphatic rings. The quantitative estimate of drug-likeness (QED) is 0.819. The van der Waals surface area contributed by atoms with Crippen LogP contribution in [-0.2, 0) is 0 Å². The Hall–Kier alpha value is -1.62. The van der Waals surface area contributed by atoms with Crippen LogP contribution in [0.25, 0.3) is 0 Å². The van der Waals surface area contributed by atoms with Gasteiger partial charge in [-0.1, -0.05) is 13.3 Å². The third-order valence-corrected chi connectivity index (χ3v) is 3.63. The molecule has 1 aromatic heterocycles. The highest BCUT2D eigenvalue weighted by molar-refractivity contribution is 5.96. The monoisotopic (exact) mass is 249 g/mol. The highest BCUT2D eigenvalue weighted by Gasteiger charge is 2.29. The van der Waals surface area contributed by atoms with E-state index in [1.807, 2.05) is 0 Å². The number of likely N-dealkylation sites (tertiary alicyclic amines) is 1. The predicted molar refractivity (Wildman–Crippen MR) is 68.2 cm³/mol. The van der Waals surface area contributed by atoms with Crippen molar-refractivity contribution in [1.29, 1.82) is 0 Å². The maximum Gasteiger partial charge on any atom is 0.257 e. The van der Waals surface area contributed by atoms with E-state index in [1.54, 1.807) is 11.0 Å². The molecule has 1 amide bonds. The molecule has 0 saturated carbocycles. The molecular weight excluding hydrogens is 230 g/mol. The Balaban J connectivity index is 2.13. The van der Waals surface area contributed by atoms with E-state index in [0.717, 1.165) is 12.8 Å². The molecule has 0 spiro atoms. The second kappa shape index (κ2) is 5.35. The maximum absolute atomic E-state index is 12.3. The number of pyridine rings is 1. The van der Waals surface area contributed by atoms with E-state index in [1.165, 1.54) is 12.4 Å². The smallest absolute Gasteiger partial charge is 0.257 e. The lowest BCUT2D eigenvalue weighted by molar-refractivity contribution is 0.0646. The van der Waals surface area contributed by atoms with Crippen LogP contribution in [-0.4, -0.2) is 40.0 Å². The minimum Gasteiger partial charge on any atom is -0.505 e. The van der Waals surface area contributed by atoms with Crippen molar-refractivity contribution < 1.29 is 9.90 Å². The summed E-state index contributed by atoms with van der Waals surface area (Å²) in [5.74, 6) is 0.136. The van der Waals surface area contributed by atoms with E-state index < -0.39 is 0 Å². The molecule has 0 radical (unpaired) electrons. The van der Waals surface area contributed by atoms with Crippen molar-refractivity contribution in [2.24, 2.45) is 11.7 Å². The largest absolute Gasteiger partial charge is 0.505 e. The van der Waals surface area contributed by atoms with Crippen molar-refractivity contribution >= 4 is 5.91 Å². The minimum atomic E-state index is -0.139. The lowest BCUT2D eigenvalue weighted by Gasteiger charge is -2.36. The summed E-state index contributed by atoms with van der Waals surface area (Å²) in [7, 11) is 0. The molecule has 18 heavy (non-hydrogen) atoms. The lowest BCUT2D eigenvalue weighted by Crippen LogP contribution is -2.49. The van der Waals surface area contributed by atoms with Gasteiger partial charge in [-0.05, 0) is 18.4 Å². The number of carbonyl (C=O) groups is 1. The van der Waals surface area contributed by atoms with Crippen molar-refractivity contribution in [3.8, 4) is 5.75 Å². The summed E-state index contributed by atoms with van der Waals surface area (Å²) >= 11 is 0. The van der Waals surface area contributed by atoms with Gasteiger partial charge in [0.05, 0.1) is 11.8 Å². The van der Waals surface area contributed by atoms with E-state index in [-0.39, 0.29) is 17.7 Å². The first-order chi connectivity index (χ1) is 8.63. The fraction of sp³-hybridized carbons (Fsp3) is 0.538. The molecule has 5 heteroatoms. The predicted octanol–water partition coefficient (Wildman–Crippen LogP) is 0.987. The number of hydrogen-bond acceptors (Lipinski definition) is 4. The first-order valence-corrected chi connectivity index (χ1v) is 6.31. The van der Waals surface area contributed by atoms with Crippen molar-refractivity contribution in [2.75, 3.05) is 13.1 Å². The molecule has 0 bridgehead atoms. The molecule has 2 atom stereocenters. The van der Waals surface area contributed by atoms with Gasteiger partial charge >= 0.3 is 0 Å². The van der Waals surface area contributed by atoms with E-state index in [2.05, 4.69) is 11.9 Å². The zero-order valence-corrected chi connectivity index (χ0v) is 10.5. The van der Waals surface area contributed by atoms with Gasteiger partial charge in [-0.2, -0.15) is 0 Å². The van der Waals surface area contributed by atoms with Gasteiger partial charge in [0.1, 0.15) is 5.75 Å². The van der Waals surface area contributed by atoms with Crippen LogP contribution in [0.4, 0.5) is 0 Å². The van der Waals surface area contributed by atoms with Crippen LogP contribution in [0.3, 0.4) is 0 Å². The maximum atomic E-state index is 12.3. The summed E-state index contributed by atoms with van der Waals surface area (Å²) in [4.78, 5) is 17.8. The Morgan fingerprint density at radius 3 is 3.11 bits per heavy atom. The molecule has 5 nitrogen and oxygen atoms in total. The van der Waals surface area contributed by atoms with Crippen LogP contribution in [0, 0.1) is 5.92 Å². The SMILES string of the molecule is CCC1CN(C(=O)c2ccncc2O)CCC1N. The Kier molecular flexibility index (Phi) is 3.81. The second-order valence-electron chi connectivity index (χ2n) is 4.76. The van der Waals surface area contributed by atoms with Gasteiger partial charge in [0, 0.05) is 25.3 Å². The normalized spacial score (nSPS) is 24.0. The van der Waals surface area contributed by atoms with Gasteiger partial charge in [0.2, 0.25) is 0 Å². The van der Waals surface area contributed by atoms with Crippen molar-refractivity contribution in [2.45, 2.75) is 25.8 Å². The van der Waals surface area contributed by atoms with E-state index >= 15 is 0 Å². The Morgan fingerprint density at radius 1 is 1.67 bits per heavy atom. The van der Waals surface area contributed by atoms with Crippen LogP contribution in [0.15, 0.2) is 18.5 Å². The molecule has 2 rings (SSSR count). The Bertz CT molecular complexity index is 436. The number of aromatic nitrogens is 1. The number of piperidine rings is 1. The van der Waals surface area contributed by atoms with Gasteiger partial charge in [-0.15, -0.1) is 0 Å². The van der Waals surface area contributed by atoms with Gasteiger partial charge in [-0.3, -0.25) is 9.78 Å². The van der Waals surface area contributed by atoms with Crippen molar-refractivity contribution in [3.05, 3.63) is 24.0 Å². The average Bonchev–Trinajstić information content (AvgIpc) is 2.39. The summed E-state index contributed by atoms with van der Waals surface area (Å²) in [6.07, 6.45) is 4.59. The standard InChI is InChI=1S/C13H19N3O2/c1-2-9-8-16(6-4-11(9)14)13(18)10-3-5-15-7-12(10)17/h3,5,7,9,11,17H,2,4,6,8,14H2,1H3. The number of hydrogen-bond donors (Lipinski definition) is 2. The average molecular weight is 249 g/mol. The topological polar surface area (TPSA) is 79.5 Å². The van der Waals surface area contributed by atoms with Gasteiger partial charge < -0.3 is 15.7 Å². The highest BCUT2D eigenvalue weighted by Crippen LogP contribution is 2.23. The molecule has 0 aromatic carbocycles. The van der Waals surface area contributed by atoms with Crippen LogP contribution < -0.4 is 5.73 Å². The lowest BCUT2D eigenvalue weighted by atomic mass is 9.90. The molecule has 0 aliphatic carbocycles. The molecule has 1 aromatic rings. The van der Waals surface area contributed by atoms with Gasteiger partial charge in [0.25, 0.3) is 5.91 Å². The van der Waals surface area contributed by atoms with Crippen LogP contribution in [0.2, 0.25) is 0 Å². The van der Waals surface area contributed by atoms with Crippen LogP contribution in [0.1, 0.15) is 30.1 Å². The summed E-state index contributed by atoms with van der Waals surface area (Å²) in [5.41, 5.74) is 6.34. The van der Waals surface area contributed by atoms with E-state index in [4.69, 9.17) is 5.73 Å². The molecular formula is C13H19N3O2. The summed E-state index contributed by atoms with van der Waals surface area (Å²) < 4.78 is 0. The van der Waals surface area contributed by atoms with Crippen molar-refractivity contribution in [3.63, 3.8) is 0 Å². The minimum absolute atomic E-state index is 0.0644. The molecule has 3 N–H and O–H groups in total. The molecule has 2 unspecified atom stereocenters. The summed E-state index contributed by atoms with van der Waals surface area (Å²) in [6.45, 7) is 3.40. The van der Waals surface area contributed by atoms with E-state index in [0.29, 0.717) is 24.6 Å². The number of carbonyl (C=O) groups excluding carboxylic acids is 1. The number of amides is 1. The van der Waals surface area contributed by atoms with Crippen LogP contribution >= 0.6 is 0 Å². The second-order valence-corrected chi connectivity index (χ2v) is 4.76. The van der Waals surface area contributed by atoms with Gasteiger partial charge in [-0.25, -0.2) is 0 Å². The van der Waals surface area contributed by atoms with Crippen molar-refractivity contribution in [1.82, 2.24) is 9.88 Å². The molecule has 1 fully saturated rings.